The van der Waals surface area contributed by atoms with Gasteiger partial charge in [-0.1, -0.05) is 29.6 Å². The molecule has 2 rings (SSSR count). The Hall–Kier alpha value is -0.330. The molecule has 1 aromatic rings. The second-order valence-electron chi connectivity index (χ2n) is 4.69. The normalized spacial score (nSPS) is 23.7. The zero-order valence-corrected chi connectivity index (χ0v) is 12.5. The first kappa shape index (κ1) is 15.1. The number of nitrogens with one attached hydrogen (secondary N) is 1. The van der Waals surface area contributed by atoms with Crippen molar-refractivity contribution in [1.29, 1.82) is 0 Å². The molecule has 1 aromatic carbocycles. The van der Waals surface area contributed by atoms with E-state index in [2.05, 4.69) is 4.72 Å². The van der Waals surface area contributed by atoms with Crippen LogP contribution < -0.4 is 4.72 Å². The molecule has 0 spiro atoms. The summed E-state index contributed by atoms with van der Waals surface area (Å²) in [5.41, 5.74) is 0. The molecule has 2 N–H and O–H groups in total. The molecule has 0 heterocycles. The van der Waals surface area contributed by atoms with Crippen molar-refractivity contribution in [3.63, 3.8) is 0 Å². The maximum Gasteiger partial charge on any atom is 0.240 e. The quantitative estimate of drug-likeness (QED) is 0.894. The van der Waals surface area contributed by atoms with Crippen molar-refractivity contribution in [2.45, 2.75) is 30.3 Å². The fourth-order valence-corrected chi connectivity index (χ4v) is 3.68. The number of hydrogen-bond acceptors (Lipinski definition) is 3. The maximum atomic E-state index is 12.1. The van der Waals surface area contributed by atoms with E-state index in [4.69, 9.17) is 23.2 Å². The van der Waals surface area contributed by atoms with Gasteiger partial charge in [-0.3, -0.25) is 0 Å². The lowest BCUT2D eigenvalue weighted by Crippen LogP contribution is -2.32. The van der Waals surface area contributed by atoms with Crippen LogP contribution in [0.2, 0.25) is 10.0 Å². The highest BCUT2D eigenvalue weighted by Gasteiger charge is 2.27. The van der Waals surface area contributed by atoms with Crippen LogP contribution in [0.5, 0.6) is 0 Å². The smallest absolute Gasteiger partial charge is 0.240 e. The predicted molar refractivity (Wildman–Crippen MR) is 75.0 cm³/mol. The zero-order chi connectivity index (χ0) is 14.0. The molecule has 1 saturated carbocycles. The molecule has 4 nitrogen and oxygen atoms in total. The summed E-state index contributed by atoms with van der Waals surface area (Å²) in [4.78, 5) is 0.0781. The second-order valence-corrected chi connectivity index (χ2v) is 7.27. The molecule has 0 aliphatic heterocycles. The molecule has 0 bridgehead atoms. The van der Waals surface area contributed by atoms with Crippen LogP contribution in [0.15, 0.2) is 23.1 Å². The average molecular weight is 324 g/mol. The molecule has 106 valence electrons. The van der Waals surface area contributed by atoms with E-state index in [9.17, 15) is 13.5 Å². The standard InChI is InChI=1S/C12H15Cl2NO3S/c13-10-5-4-9(6-11(10)14)19(17,18)15-7-8-2-1-3-12(8)16/h4-6,8,12,15-16H,1-3,7H2. The zero-order valence-electron chi connectivity index (χ0n) is 10.1. The van der Waals surface area contributed by atoms with Gasteiger partial charge in [0, 0.05) is 6.54 Å². The first-order valence-corrected chi connectivity index (χ1v) is 8.27. The number of aliphatic hydroxyl groups excluding tert-OH is 1. The minimum Gasteiger partial charge on any atom is -0.393 e. The van der Waals surface area contributed by atoms with E-state index in [1.54, 1.807) is 0 Å². The van der Waals surface area contributed by atoms with Crippen LogP contribution in [-0.2, 0) is 10.0 Å². The number of aliphatic hydroxyl groups is 1. The van der Waals surface area contributed by atoms with Gasteiger partial charge in [0.15, 0.2) is 0 Å². The average Bonchev–Trinajstić information content (AvgIpc) is 2.76. The summed E-state index contributed by atoms with van der Waals surface area (Å²) >= 11 is 11.6. The van der Waals surface area contributed by atoms with Gasteiger partial charge in [-0.05, 0) is 37.0 Å². The van der Waals surface area contributed by atoms with E-state index in [0.717, 1.165) is 19.3 Å². The summed E-state index contributed by atoms with van der Waals surface area (Å²) in [5.74, 6) is -0.0162. The summed E-state index contributed by atoms with van der Waals surface area (Å²) in [6.07, 6.45) is 2.08. The van der Waals surface area contributed by atoms with E-state index in [0.29, 0.717) is 5.02 Å². The Labute approximate surface area is 122 Å². The molecular formula is C12H15Cl2NO3S. The second kappa shape index (κ2) is 5.97. The molecule has 1 aliphatic carbocycles. The Kier molecular flexibility index (Phi) is 4.74. The van der Waals surface area contributed by atoms with E-state index < -0.39 is 16.1 Å². The summed E-state index contributed by atoms with van der Waals surface area (Å²) in [6.45, 7) is 0.240. The van der Waals surface area contributed by atoms with Crippen LogP contribution >= 0.6 is 23.2 Å². The third-order valence-electron chi connectivity index (χ3n) is 3.36. The van der Waals surface area contributed by atoms with Crippen LogP contribution in [0, 0.1) is 5.92 Å². The largest absolute Gasteiger partial charge is 0.393 e. The highest BCUT2D eigenvalue weighted by molar-refractivity contribution is 7.89. The van der Waals surface area contributed by atoms with Crippen molar-refractivity contribution in [3.05, 3.63) is 28.2 Å². The van der Waals surface area contributed by atoms with Crippen molar-refractivity contribution in [2.75, 3.05) is 6.54 Å². The summed E-state index contributed by atoms with van der Waals surface area (Å²) in [6, 6.07) is 4.17. The number of sulfonamides is 1. The van der Waals surface area contributed by atoms with E-state index in [1.165, 1.54) is 18.2 Å². The van der Waals surface area contributed by atoms with Crippen LogP contribution in [0.3, 0.4) is 0 Å². The van der Waals surface area contributed by atoms with E-state index in [1.807, 2.05) is 0 Å². The minimum atomic E-state index is -3.61. The van der Waals surface area contributed by atoms with Gasteiger partial charge in [0.1, 0.15) is 0 Å². The summed E-state index contributed by atoms with van der Waals surface area (Å²) in [5, 5.41) is 10.2. The van der Waals surface area contributed by atoms with Crippen molar-refractivity contribution in [1.82, 2.24) is 4.72 Å². The number of rotatable bonds is 4. The molecule has 1 aliphatic rings. The molecule has 0 saturated heterocycles. The Morgan fingerprint density at radius 3 is 2.58 bits per heavy atom. The first-order chi connectivity index (χ1) is 8.90. The summed E-state index contributed by atoms with van der Waals surface area (Å²) < 4.78 is 26.6. The minimum absolute atomic E-state index is 0.0162. The predicted octanol–water partition coefficient (Wildman–Crippen LogP) is 2.43. The lowest BCUT2D eigenvalue weighted by Gasteiger charge is -2.15. The number of halogens is 2. The van der Waals surface area contributed by atoms with Gasteiger partial charge >= 0.3 is 0 Å². The molecule has 2 atom stereocenters. The lowest BCUT2D eigenvalue weighted by molar-refractivity contribution is 0.134. The van der Waals surface area contributed by atoms with Crippen LogP contribution in [0.25, 0.3) is 0 Å². The highest BCUT2D eigenvalue weighted by atomic mass is 35.5. The van der Waals surface area contributed by atoms with Gasteiger partial charge in [0.2, 0.25) is 10.0 Å². The van der Waals surface area contributed by atoms with Crippen molar-refractivity contribution >= 4 is 33.2 Å². The van der Waals surface area contributed by atoms with Crippen molar-refractivity contribution in [2.24, 2.45) is 5.92 Å². The molecule has 19 heavy (non-hydrogen) atoms. The lowest BCUT2D eigenvalue weighted by atomic mass is 10.1. The van der Waals surface area contributed by atoms with Crippen LogP contribution in [-0.4, -0.2) is 26.2 Å². The fraction of sp³-hybridized carbons (Fsp3) is 0.500. The van der Waals surface area contributed by atoms with Crippen LogP contribution in [0.4, 0.5) is 0 Å². The monoisotopic (exact) mass is 323 g/mol. The SMILES string of the molecule is O=S(=O)(NCC1CCCC1O)c1ccc(Cl)c(Cl)c1. The Balaban J connectivity index is 2.07. The number of hydrogen-bond donors (Lipinski definition) is 2. The molecule has 0 aromatic heterocycles. The molecule has 0 radical (unpaired) electrons. The first-order valence-electron chi connectivity index (χ1n) is 6.03. The van der Waals surface area contributed by atoms with E-state index in [-0.39, 0.29) is 22.4 Å². The molecule has 7 heteroatoms. The molecule has 2 unspecified atom stereocenters. The fourth-order valence-electron chi connectivity index (χ4n) is 2.20. The van der Waals surface area contributed by atoms with E-state index >= 15 is 0 Å². The van der Waals surface area contributed by atoms with Gasteiger partial charge in [-0.2, -0.15) is 0 Å². The van der Waals surface area contributed by atoms with Crippen molar-refractivity contribution < 1.29 is 13.5 Å². The number of benzene rings is 1. The maximum absolute atomic E-state index is 12.1. The molecular weight excluding hydrogens is 309 g/mol. The topological polar surface area (TPSA) is 66.4 Å². The highest BCUT2D eigenvalue weighted by Crippen LogP contribution is 2.27. The van der Waals surface area contributed by atoms with Crippen LogP contribution in [0.1, 0.15) is 19.3 Å². The van der Waals surface area contributed by atoms with Gasteiger partial charge in [0.25, 0.3) is 0 Å². The van der Waals surface area contributed by atoms with Gasteiger partial charge in [-0.15, -0.1) is 0 Å². The summed E-state index contributed by atoms with van der Waals surface area (Å²) in [7, 11) is -3.61. The Bertz CT molecular complexity index is 562. The third-order valence-corrected chi connectivity index (χ3v) is 5.52. The van der Waals surface area contributed by atoms with Gasteiger partial charge in [0.05, 0.1) is 21.0 Å². The Morgan fingerprint density at radius 2 is 2.00 bits per heavy atom. The third kappa shape index (κ3) is 3.61. The van der Waals surface area contributed by atoms with Crippen molar-refractivity contribution in [3.8, 4) is 0 Å². The molecule has 0 amide bonds. The Morgan fingerprint density at radius 1 is 1.26 bits per heavy atom. The van der Waals surface area contributed by atoms with Gasteiger partial charge in [-0.25, -0.2) is 13.1 Å². The van der Waals surface area contributed by atoms with Gasteiger partial charge < -0.3 is 5.11 Å². The molecule has 1 fully saturated rings.